The third-order valence-corrected chi connectivity index (χ3v) is 6.86. The fourth-order valence-corrected chi connectivity index (χ4v) is 4.70. The van der Waals surface area contributed by atoms with Crippen LogP contribution in [0.1, 0.15) is 73.1 Å². The molecule has 1 amide bonds. The van der Waals surface area contributed by atoms with E-state index < -0.39 is 9.76 Å². The predicted molar refractivity (Wildman–Crippen MR) is 90.1 cm³/mol. The molecule has 0 atom stereocenters. The number of carbonyl (C=O) groups excluding carboxylic acids is 1. The van der Waals surface area contributed by atoms with Crippen molar-refractivity contribution in [2.24, 2.45) is 5.92 Å². The molecule has 0 aromatic heterocycles. The van der Waals surface area contributed by atoms with Gasteiger partial charge in [0.1, 0.15) is 0 Å². The van der Waals surface area contributed by atoms with Crippen molar-refractivity contribution in [1.82, 2.24) is 4.90 Å². The molecule has 0 aromatic carbocycles. The molecule has 1 aliphatic carbocycles. The monoisotopic (exact) mass is 311 g/mol. The Morgan fingerprint density at radius 2 is 1.71 bits per heavy atom. The van der Waals surface area contributed by atoms with E-state index in [0.717, 1.165) is 19.4 Å². The lowest BCUT2D eigenvalue weighted by Crippen LogP contribution is -2.44. The summed E-state index contributed by atoms with van der Waals surface area (Å²) in [5.41, 5.74) is 0.0134. The van der Waals surface area contributed by atoms with Gasteiger partial charge in [0.2, 0.25) is 5.91 Å². The first kappa shape index (κ1) is 17.0. The van der Waals surface area contributed by atoms with Crippen molar-refractivity contribution in [1.29, 1.82) is 0 Å². The van der Waals surface area contributed by atoms with Crippen molar-refractivity contribution in [2.75, 3.05) is 6.54 Å². The lowest BCUT2D eigenvalue weighted by Gasteiger charge is -2.42. The molecule has 0 aromatic rings. The number of likely N-dealkylation sites (tertiary alicyclic amines) is 1. The Morgan fingerprint density at radius 1 is 1.10 bits per heavy atom. The van der Waals surface area contributed by atoms with E-state index in [4.69, 9.17) is 4.43 Å². The zero-order valence-corrected chi connectivity index (χ0v) is 16.0. The second-order valence-electron chi connectivity index (χ2n) is 8.65. The molecule has 0 N–H and O–H groups in total. The number of hydrogen-bond donors (Lipinski definition) is 0. The lowest BCUT2D eigenvalue weighted by atomic mass is 9.77. The van der Waals surface area contributed by atoms with Crippen molar-refractivity contribution in [3.05, 3.63) is 0 Å². The molecule has 1 aliphatic heterocycles. The molecular formula is C17H33NO2Si. The summed E-state index contributed by atoms with van der Waals surface area (Å²) in [5.74, 6) is 1.04. The first-order valence-corrected chi connectivity index (χ1v) is 9.91. The normalized spacial score (nSPS) is 28.8. The van der Waals surface area contributed by atoms with Gasteiger partial charge in [0.25, 0.3) is 0 Å². The smallest absolute Gasteiger partial charge is 0.222 e. The van der Waals surface area contributed by atoms with E-state index in [1.165, 1.54) is 25.7 Å². The Kier molecular flexibility index (Phi) is 5.19. The number of nitrogens with zero attached hydrogens (tertiary/aromatic N) is 1. The molecule has 21 heavy (non-hydrogen) atoms. The van der Waals surface area contributed by atoms with E-state index >= 15 is 0 Å². The summed E-state index contributed by atoms with van der Waals surface area (Å²) >= 11 is 0. The van der Waals surface area contributed by atoms with Gasteiger partial charge in [0.15, 0.2) is 9.76 Å². The maximum Gasteiger partial charge on any atom is 0.222 e. The number of carbonyl (C=O) groups is 1. The van der Waals surface area contributed by atoms with Gasteiger partial charge in [-0.05, 0) is 56.9 Å². The second-order valence-corrected chi connectivity index (χ2v) is 11.3. The molecule has 0 unspecified atom stereocenters. The molecule has 2 fully saturated rings. The maximum absolute atomic E-state index is 11.9. The standard InChI is InChI=1S/C17H33NO2Si/c1-16(2,3)21-20-17(4,5)13-8-10-14(11-9-13)18-12-6-7-15(18)19/h13-14H,6-12,21H2,1-5H3. The molecule has 2 aliphatic rings. The number of amides is 1. The first-order valence-electron chi connectivity index (χ1n) is 8.62. The Morgan fingerprint density at radius 3 is 2.19 bits per heavy atom. The number of hydrogen-bond acceptors (Lipinski definition) is 2. The number of rotatable bonds is 4. The average molecular weight is 312 g/mol. The molecule has 0 radical (unpaired) electrons. The van der Waals surface area contributed by atoms with Crippen LogP contribution >= 0.6 is 0 Å². The highest BCUT2D eigenvalue weighted by Gasteiger charge is 2.37. The molecule has 3 nitrogen and oxygen atoms in total. The van der Waals surface area contributed by atoms with Crippen LogP contribution in [0.3, 0.4) is 0 Å². The van der Waals surface area contributed by atoms with Crippen LogP contribution in [0, 0.1) is 5.92 Å². The van der Waals surface area contributed by atoms with Gasteiger partial charge in [-0.1, -0.05) is 20.8 Å². The van der Waals surface area contributed by atoms with Gasteiger partial charge in [0.05, 0.1) is 5.60 Å². The van der Waals surface area contributed by atoms with E-state index in [1.807, 2.05) is 0 Å². The minimum atomic E-state index is -0.500. The van der Waals surface area contributed by atoms with E-state index in [0.29, 0.717) is 22.9 Å². The first-order chi connectivity index (χ1) is 9.69. The van der Waals surface area contributed by atoms with Gasteiger partial charge in [-0.15, -0.1) is 0 Å². The Bertz CT molecular complexity index is 367. The molecule has 0 spiro atoms. The fraction of sp³-hybridized carbons (Fsp3) is 0.941. The zero-order chi connectivity index (χ0) is 15.7. The average Bonchev–Trinajstić information content (AvgIpc) is 2.82. The quantitative estimate of drug-likeness (QED) is 0.746. The fourth-order valence-electron chi connectivity index (χ4n) is 3.66. The summed E-state index contributed by atoms with van der Waals surface area (Å²) in [5, 5.41) is 0.358. The molecule has 2 rings (SSSR count). The van der Waals surface area contributed by atoms with E-state index in [1.54, 1.807) is 0 Å². The molecule has 0 bridgehead atoms. The zero-order valence-electron chi connectivity index (χ0n) is 14.6. The van der Waals surface area contributed by atoms with Crippen LogP contribution in [-0.4, -0.2) is 38.8 Å². The molecule has 1 saturated heterocycles. The molecule has 122 valence electrons. The van der Waals surface area contributed by atoms with E-state index in [2.05, 4.69) is 39.5 Å². The third kappa shape index (κ3) is 4.56. The maximum atomic E-state index is 11.9. The Hall–Kier alpha value is -0.353. The van der Waals surface area contributed by atoms with Crippen LogP contribution in [0.25, 0.3) is 0 Å². The van der Waals surface area contributed by atoms with Gasteiger partial charge in [-0.3, -0.25) is 4.79 Å². The molecule has 1 heterocycles. The summed E-state index contributed by atoms with van der Waals surface area (Å²) < 4.78 is 6.37. The summed E-state index contributed by atoms with van der Waals surface area (Å²) in [6, 6.07) is 0.506. The van der Waals surface area contributed by atoms with Gasteiger partial charge < -0.3 is 9.33 Å². The van der Waals surface area contributed by atoms with Crippen LogP contribution in [0.5, 0.6) is 0 Å². The van der Waals surface area contributed by atoms with E-state index in [-0.39, 0.29) is 5.60 Å². The van der Waals surface area contributed by atoms with Crippen LogP contribution in [-0.2, 0) is 9.22 Å². The largest absolute Gasteiger partial charge is 0.418 e. The molecular weight excluding hydrogens is 278 g/mol. The minimum absolute atomic E-state index is 0.0134. The van der Waals surface area contributed by atoms with Crippen molar-refractivity contribution >= 4 is 15.7 Å². The molecule has 4 heteroatoms. The SMILES string of the molecule is CC(C)(C)[SiH2]OC(C)(C)C1CCC(N2CCCC2=O)CC1. The summed E-state index contributed by atoms with van der Waals surface area (Å²) in [6.07, 6.45) is 6.58. The van der Waals surface area contributed by atoms with Crippen LogP contribution < -0.4 is 0 Å². The summed E-state index contributed by atoms with van der Waals surface area (Å²) in [7, 11) is -0.500. The highest BCUT2D eigenvalue weighted by atomic mass is 28.2. The van der Waals surface area contributed by atoms with Crippen molar-refractivity contribution in [3.63, 3.8) is 0 Å². The van der Waals surface area contributed by atoms with Gasteiger partial charge >= 0.3 is 0 Å². The van der Waals surface area contributed by atoms with Gasteiger partial charge in [0, 0.05) is 19.0 Å². The molecule has 1 saturated carbocycles. The minimum Gasteiger partial charge on any atom is -0.418 e. The Labute approximate surface area is 132 Å². The van der Waals surface area contributed by atoms with Crippen LogP contribution in [0.15, 0.2) is 0 Å². The van der Waals surface area contributed by atoms with Crippen molar-refractivity contribution in [3.8, 4) is 0 Å². The van der Waals surface area contributed by atoms with Gasteiger partial charge in [-0.25, -0.2) is 0 Å². The highest BCUT2D eigenvalue weighted by molar-refractivity contribution is 6.31. The third-order valence-electron chi connectivity index (χ3n) is 5.11. The Balaban J connectivity index is 1.83. The summed E-state index contributed by atoms with van der Waals surface area (Å²) in [4.78, 5) is 14.0. The second kappa shape index (κ2) is 6.41. The lowest BCUT2D eigenvalue weighted by molar-refractivity contribution is -0.130. The van der Waals surface area contributed by atoms with Crippen LogP contribution in [0.4, 0.5) is 0 Å². The van der Waals surface area contributed by atoms with Crippen molar-refractivity contribution < 1.29 is 9.22 Å². The highest BCUT2D eigenvalue weighted by Crippen LogP contribution is 2.38. The summed E-state index contributed by atoms with van der Waals surface area (Å²) in [6.45, 7) is 12.4. The topological polar surface area (TPSA) is 29.5 Å². The predicted octanol–water partition coefficient (Wildman–Crippen LogP) is 3.27. The van der Waals surface area contributed by atoms with Gasteiger partial charge in [-0.2, -0.15) is 0 Å². The van der Waals surface area contributed by atoms with E-state index in [9.17, 15) is 4.79 Å². The van der Waals surface area contributed by atoms with Crippen LogP contribution in [0.2, 0.25) is 5.04 Å². The van der Waals surface area contributed by atoms with Crippen molar-refractivity contribution in [2.45, 2.75) is 89.8 Å².